The number of hydrogen-bond donors (Lipinski definition) is 0. The van der Waals surface area contributed by atoms with Gasteiger partial charge in [0.2, 0.25) is 0 Å². The van der Waals surface area contributed by atoms with Gasteiger partial charge < -0.3 is 14.0 Å². The molecule has 25 heavy (non-hydrogen) atoms. The summed E-state index contributed by atoms with van der Waals surface area (Å²) in [6.45, 7) is 4.02. The van der Waals surface area contributed by atoms with Crippen molar-refractivity contribution in [1.82, 2.24) is 14.4 Å². The molecule has 0 atom stereocenters. The van der Waals surface area contributed by atoms with E-state index in [0.717, 1.165) is 48.7 Å². The first-order valence-electron chi connectivity index (χ1n) is 8.52. The molecule has 6 heteroatoms. The molecular weight excluding hydrogens is 316 g/mol. The molecule has 0 unspecified atom stereocenters. The van der Waals surface area contributed by atoms with Gasteiger partial charge in [-0.05, 0) is 43.5 Å². The Labute approximate surface area is 146 Å². The van der Waals surface area contributed by atoms with Crippen LogP contribution in [-0.2, 0) is 11.3 Å². The Morgan fingerprint density at radius 1 is 1.24 bits per heavy atom. The molecule has 0 N–H and O–H groups in total. The second kappa shape index (κ2) is 6.55. The molecule has 4 heterocycles. The Morgan fingerprint density at radius 2 is 2.08 bits per heavy atom. The lowest BCUT2D eigenvalue weighted by molar-refractivity contribution is 0.0468. The van der Waals surface area contributed by atoms with Crippen LogP contribution < -0.4 is 4.90 Å². The average Bonchev–Trinajstić information content (AvgIpc) is 3.30. The number of aryl methyl sites for hydroxylation is 1. The van der Waals surface area contributed by atoms with Crippen LogP contribution in [0.15, 0.2) is 42.9 Å². The van der Waals surface area contributed by atoms with E-state index in [0.29, 0.717) is 5.56 Å². The second-order valence-electron chi connectivity index (χ2n) is 6.30. The molecule has 3 aromatic rings. The lowest BCUT2D eigenvalue weighted by Crippen LogP contribution is -2.22. The molecule has 0 saturated carbocycles. The van der Waals surface area contributed by atoms with Crippen LogP contribution in [0.5, 0.6) is 0 Å². The second-order valence-corrected chi connectivity index (χ2v) is 6.30. The third kappa shape index (κ3) is 3.07. The third-order valence-electron chi connectivity index (χ3n) is 4.49. The quantitative estimate of drug-likeness (QED) is 0.686. The maximum Gasteiger partial charge on any atom is 0.342 e. The van der Waals surface area contributed by atoms with Crippen LogP contribution in [0.1, 0.15) is 34.5 Å². The summed E-state index contributed by atoms with van der Waals surface area (Å²) in [4.78, 5) is 23.6. The summed E-state index contributed by atoms with van der Waals surface area (Å²) in [6, 6.07) is 7.52. The molecular formula is C19H20N4O2. The van der Waals surface area contributed by atoms with E-state index in [2.05, 4.69) is 14.9 Å². The van der Waals surface area contributed by atoms with E-state index in [9.17, 15) is 4.79 Å². The first kappa shape index (κ1) is 15.6. The van der Waals surface area contributed by atoms with Crippen molar-refractivity contribution < 1.29 is 9.53 Å². The molecule has 6 nitrogen and oxygen atoms in total. The van der Waals surface area contributed by atoms with Gasteiger partial charge in [-0.1, -0.05) is 6.07 Å². The Balaban J connectivity index is 1.51. The maximum absolute atomic E-state index is 12.6. The molecule has 0 aromatic carbocycles. The number of ether oxygens (including phenoxy) is 1. The summed E-state index contributed by atoms with van der Waals surface area (Å²) < 4.78 is 7.45. The predicted octanol–water partition coefficient (Wildman–Crippen LogP) is 2.99. The number of fused-ring (bicyclic) bond motifs is 1. The number of nitrogens with zero attached hydrogens (tertiary/aromatic N) is 4. The van der Waals surface area contributed by atoms with Crippen molar-refractivity contribution in [2.45, 2.75) is 26.4 Å². The predicted molar refractivity (Wildman–Crippen MR) is 94.7 cm³/mol. The molecule has 1 saturated heterocycles. The van der Waals surface area contributed by atoms with Gasteiger partial charge in [-0.3, -0.25) is 0 Å². The van der Waals surface area contributed by atoms with Crippen LogP contribution in [0.2, 0.25) is 0 Å². The van der Waals surface area contributed by atoms with Crippen LogP contribution in [0, 0.1) is 6.92 Å². The molecule has 3 aromatic heterocycles. The molecule has 4 rings (SSSR count). The van der Waals surface area contributed by atoms with Crippen molar-refractivity contribution in [1.29, 1.82) is 0 Å². The minimum Gasteiger partial charge on any atom is -0.455 e. The fraction of sp³-hybridized carbons (Fsp3) is 0.316. The lowest BCUT2D eigenvalue weighted by Gasteiger charge is -2.18. The lowest BCUT2D eigenvalue weighted by atomic mass is 10.2. The minimum atomic E-state index is -0.358. The molecule has 1 aliphatic heterocycles. The zero-order chi connectivity index (χ0) is 17.2. The summed E-state index contributed by atoms with van der Waals surface area (Å²) in [7, 11) is 0. The molecule has 1 fully saturated rings. The van der Waals surface area contributed by atoms with Crippen molar-refractivity contribution in [3.8, 4) is 0 Å². The monoisotopic (exact) mass is 336 g/mol. The zero-order valence-electron chi connectivity index (χ0n) is 14.2. The number of aromatic nitrogens is 3. The minimum absolute atomic E-state index is 0.147. The Hall–Kier alpha value is -2.89. The van der Waals surface area contributed by atoms with Crippen LogP contribution in [0.3, 0.4) is 0 Å². The molecule has 1 aliphatic rings. The van der Waals surface area contributed by atoms with E-state index in [4.69, 9.17) is 4.74 Å². The molecule has 0 spiro atoms. The molecule has 128 valence electrons. The van der Waals surface area contributed by atoms with E-state index in [-0.39, 0.29) is 12.6 Å². The van der Waals surface area contributed by atoms with Gasteiger partial charge in [-0.2, -0.15) is 0 Å². The normalized spacial score (nSPS) is 14.2. The van der Waals surface area contributed by atoms with Gasteiger partial charge in [0, 0.05) is 31.7 Å². The van der Waals surface area contributed by atoms with Crippen LogP contribution in [0.4, 0.5) is 5.82 Å². The Morgan fingerprint density at radius 3 is 2.88 bits per heavy atom. The van der Waals surface area contributed by atoms with E-state index in [1.165, 1.54) is 0 Å². The van der Waals surface area contributed by atoms with Gasteiger partial charge in [0.25, 0.3) is 0 Å². The Bertz CT molecular complexity index is 913. The number of hydrogen-bond acceptors (Lipinski definition) is 5. The fourth-order valence-corrected chi connectivity index (χ4v) is 3.23. The Kier molecular flexibility index (Phi) is 4.09. The molecule has 0 amide bonds. The van der Waals surface area contributed by atoms with Crippen molar-refractivity contribution in [3.63, 3.8) is 0 Å². The number of imidazole rings is 1. The van der Waals surface area contributed by atoms with Crippen LogP contribution in [0.25, 0.3) is 5.65 Å². The number of rotatable bonds is 4. The highest BCUT2D eigenvalue weighted by molar-refractivity contribution is 5.94. The largest absolute Gasteiger partial charge is 0.455 e. The topological polar surface area (TPSA) is 59.7 Å². The van der Waals surface area contributed by atoms with Crippen LogP contribution in [-0.4, -0.2) is 33.4 Å². The van der Waals surface area contributed by atoms with Crippen LogP contribution >= 0.6 is 0 Å². The summed E-state index contributed by atoms with van der Waals surface area (Å²) in [5.74, 6) is 0.361. The number of carbonyl (C=O) groups is 1. The van der Waals surface area contributed by atoms with E-state index >= 15 is 0 Å². The van der Waals surface area contributed by atoms with Crippen molar-refractivity contribution >= 4 is 17.4 Å². The number of carbonyl (C=O) groups excluding carboxylic acids is 1. The van der Waals surface area contributed by atoms with Gasteiger partial charge >= 0.3 is 5.97 Å². The first-order valence-corrected chi connectivity index (χ1v) is 8.52. The van der Waals surface area contributed by atoms with Crippen molar-refractivity contribution in [2.24, 2.45) is 0 Å². The van der Waals surface area contributed by atoms with Gasteiger partial charge in [0.1, 0.15) is 23.6 Å². The molecule has 0 aliphatic carbocycles. The summed E-state index contributed by atoms with van der Waals surface area (Å²) in [5, 5.41) is 0. The number of esters is 1. The fourth-order valence-electron chi connectivity index (χ4n) is 3.23. The van der Waals surface area contributed by atoms with E-state index in [1.54, 1.807) is 18.3 Å². The smallest absolute Gasteiger partial charge is 0.342 e. The number of pyridine rings is 2. The first-order chi connectivity index (χ1) is 12.2. The molecule has 0 radical (unpaired) electrons. The van der Waals surface area contributed by atoms with Crippen molar-refractivity contribution in [3.05, 3.63) is 59.7 Å². The van der Waals surface area contributed by atoms with Crippen molar-refractivity contribution in [2.75, 3.05) is 18.0 Å². The highest BCUT2D eigenvalue weighted by atomic mass is 16.5. The average molecular weight is 336 g/mol. The highest BCUT2D eigenvalue weighted by Gasteiger charge is 2.21. The SMILES string of the molecule is Cc1cccn2cc(COC(=O)c3cccnc3N3CCCC3)nc12. The summed E-state index contributed by atoms with van der Waals surface area (Å²) in [5.41, 5.74) is 3.22. The summed E-state index contributed by atoms with van der Waals surface area (Å²) in [6.07, 6.45) is 7.81. The van der Waals surface area contributed by atoms with E-state index in [1.807, 2.05) is 35.9 Å². The summed E-state index contributed by atoms with van der Waals surface area (Å²) >= 11 is 0. The van der Waals surface area contributed by atoms with Gasteiger partial charge in [0.05, 0.1) is 5.69 Å². The maximum atomic E-state index is 12.6. The standard InChI is InChI=1S/C19H20N4O2/c1-14-6-5-11-23-12-15(21-17(14)23)13-25-19(24)16-7-4-8-20-18(16)22-9-2-3-10-22/h4-8,11-12H,2-3,9-10,13H2,1H3. The zero-order valence-corrected chi connectivity index (χ0v) is 14.2. The van der Waals surface area contributed by atoms with E-state index < -0.39 is 0 Å². The third-order valence-corrected chi connectivity index (χ3v) is 4.49. The van der Waals surface area contributed by atoms with Gasteiger partial charge in [-0.15, -0.1) is 0 Å². The number of anilines is 1. The highest BCUT2D eigenvalue weighted by Crippen LogP contribution is 2.23. The van der Waals surface area contributed by atoms with Gasteiger partial charge in [0.15, 0.2) is 0 Å². The molecule has 0 bridgehead atoms. The van der Waals surface area contributed by atoms with Gasteiger partial charge in [-0.25, -0.2) is 14.8 Å².